The minimum Gasteiger partial charge on any atom is -0.388 e. The predicted octanol–water partition coefficient (Wildman–Crippen LogP) is 4.54. The fraction of sp³-hybridized carbons (Fsp3) is 0.286. The highest BCUT2D eigenvalue weighted by molar-refractivity contribution is 9.10. The number of aliphatic hydroxyl groups excluding tert-OH is 1. The molecule has 0 saturated carbocycles. The van der Waals surface area contributed by atoms with Crippen LogP contribution in [0.3, 0.4) is 0 Å². The summed E-state index contributed by atoms with van der Waals surface area (Å²) in [5.41, 5.74) is 1.43. The van der Waals surface area contributed by atoms with Gasteiger partial charge < -0.3 is 5.11 Å². The van der Waals surface area contributed by atoms with Crippen LogP contribution in [-0.4, -0.2) is 5.11 Å². The summed E-state index contributed by atoms with van der Waals surface area (Å²) < 4.78 is 14.4. The van der Waals surface area contributed by atoms with Crippen molar-refractivity contribution in [2.24, 2.45) is 0 Å². The van der Waals surface area contributed by atoms with Gasteiger partial charge in [-0.25, -0.2) is 4.39 Å². The molecule has 1 heterocycles. The number of aryl methyl sites for hydroxylation is 2. The van der Waals surface area contributed by atoms with Gasteiger partial charge in [-0.05, 0) is 49.2 Å². The first-order valence-electron chi connectivity index (χ1n) is 5.66. The number of benzene rings is 1. The van der Waals surface area contributed by atoms with Gasteiger partial charge in [0.15, 0.2) is 0 Å². The zero-order valence-corrected chi connectivity index (χ0v) is 12.6. The van der Waals surface area contributed by atoms with Gasteiger partial charge in [-0.2, -0.15) is 0 Å². The van der Waals surface area contributed by atoms with Crippen LogP contribution in [0.2, 0.25) is 0 Å². The van der Waals surface area contributed by atoms with E-state index in [9.17, 15) is 9.50 Å². The third kappa shape index (κ3) is 2.99. The van der Waals surface area contributed by atoms with Crippen molar-refractivity contribution in [3.05, 3.63) is 55.4 Å². The molecule has 0 aliphatic heterocycles. The summed E-state index contributed by atoms with van der Waals surface area (Å²) in [4.78, 5) is 2.26. The van der Waals surface area contributed by atoms with E-state index in [1.807, 2.05) is 19.9 Å². The van der Waals surface area contributed by atoms with Crippen molar-refractivity contribution >= 4 is 27.3 Å². The molecule has 96 valence electrons. The average molecular weight is 329 g/mol. The van der Waals surface area contributed by atoms with E-state index in [2.05, 4.69) is 15.9 Å². The van der Waals surface area contributed by atoms with Gasteiger partial charge in [-0.15, -0.1) is 11.3 Å². The fourth-order valence-corrected chi connectivity index (χ4v) is 3.39. The SMILES string of the molecule is Cc1cc(C(O)Cc2cc(Br)ccc2F)c(C)s1. The van der Waals surface area contributed by atoms with Crippen LogP contribution in [0, 0.1) is 19.7 Å². The standard InChI is InChI=1S/C14H14BrFOS/c1-8-5-12(9(2)18-8)14(17)7-10-6-11(15)3-4-13(10)16/h3-6,14,17H,7H2,1-2H3. The maximum absolute atomic E-state index is 13.6. The van der Waals surface area contributed by atoms with Crippen molar-refractivity contribution in [3.63, 3.8) is 0 Å². The quantitative estimate of drug-likeness (QED) is 0.876. The summed E-state index contributed by atoms with van der Waals surface area (Å²) in [6.07, 6.45) is -0.360. The summed E-state index contributed by atoms with van der Waals surface area (Å²) in [7, 11) is 0. The van der Waals surface area contributed by atoms with E-state index in [4.69, 9.17) is 0 Å². The molecular weight excluding hydrogens is 315 g/mol. The van der Waals surface area contributed by atoms with E-state index >= 15 is 0 Å². The van der Waals surface area contributed by atoms with E-state index in [0.717, 1.165) is 19.8 Å². The Bertz CT molecular complexity index is 565. The molecule has 2 aromatic rings. The Morgan fingerprint density at radius 1 is 1.33 bits per heavy atom. The first kappa shape index (κ1) is 13.7. The summed E-state index contributed by atoms with van der Waals surface area (Å²) in [5.74, 6) is -0.276. The number of thiophene rings is 1. The molecule has 1 nitrogen and oxygen atoms in total. The molecular formula is C14H14BrFOS. The van der Waals surface area contributed by atoms with Crippen molar-refractivity contribution < 1.29 is 9.50 Å². The molecule has 1 N–H and O–H groups in total. The second kappa shape index (κ2) is 5.51. The Labute approximate surface area is 118 Å². The van der Waals surface area contributed by atoms with Gasteiger partial charge in [0.2, 0.25) is 0 Å². The lowest BCUT2D eigenvalue weighted by molar-refractivity contribution is 0.177. The molecule has 1 aromatic carbocycles. The Morgan fingerprint density at radius 3 is 2.67 bits per heavy atom. The number of hydrogen-bond acceptors (Lipinski definition) is 2. The third-order valence-electron chi connectivity index (χ3n) is 2.86. The zero-order chi connectivity index (χ0) is 13.3. The number of hydrogen-bond donors (Lipinski definition) is 1. The van der Waals surface area contributed by atoms with Crippen LogP contribution >= 0.6 is 27.3 Å². The van der Waals surface area contributed by atoms with Crippen molar-refractivity contribution in [3.8, 4) is 0 Å². The maximum atomic E-state index is 13.6. The highest BCUT2D eigenvalue weighted by Gasteiger charge is 2.15. The normalized spacial score (nSPS) is 12.7. The van der Waals surface area contributed by atoms with Gasteiger partial charge in [0.05, 0.1) is 6.10 Å². The Kier molecular flexibility index (Phi) is 4.20. The second-order valence-electron chi connectivity index (χ2n) is 4.32. The molecule has 0 aliphatic rings. The van der Waals surface area contributed by atoms with E-state index in [-0.39, 0.29) is 5.82 Å². The van der Waals surface area contributed by atoms with Crippen LogP contribution in [0.25, 0.3) is 0 Å². The largest absolute Gasteiger partial charge is 0.388 e. The van der Waals surface area contributed by atoms with Gasteiger partial charge in [-0.3, -0.25) is 0 Å². The molecule has 1 unspecified atom stereocenters. The number of aliphatic hydroxyl groups is 1. The second-order valence-corrected chi connectivity index (χ2v) is 6.70. The number of rotatable bonds is 3. The van der Waals surface area contributed by atoms with Crippen molar-refractivity contribution in [1.29, 1.82) is 0 Å². The molecule has 18 heavy (non-hydrogen) atoms. The van der Waals surface area contributed by atoms with E-state index in [1.165, 1.54) is 6.07 Å². The van der Waals surface area contributed by atoms with Crippen molar-refractivity contribution in [1.82, 2.24) is 0 Å². The van der Waals surface area contributed by atoms with Crippen molar-refractivity contribution in [2.45, 2.75) is 26.4 Å². The molecule has 0 spiro atoms. The molecule has 0 aliphatic carbocycles. The summed E-state index contributed by atoms with van der Waals surface area (Å²) in [6.45, 7) is 3.99. The monoisotopic (exact) mass is 328 g/mol. The molecule has 4 heteroatoms. The van der Waals surface area contributed by atoms with Crippen LogP contribution in [-0.2, 0) is 6.42 Å². The molecule has 0 saturated heterocycles. The average Bonchev–Trinajstić information content (AvgIpc) is 2.63. The first-order chi connectivity index (χ1) is 8.47. The lowest BCUT2D eigenvalue weighted by Crippen LogP contribution is -2.03. The lowest BCUT2D eigenvalue weighted by atomic mass is 10.0. The first-order valence-corrected chi connectivity index (χ1v) is 7.27. The van der Waals surface area contributed by atoms with Crippen LogP contribution in [0.1, 0.15) is 27.0 Å². The summed E-state index contributed by atoms with van der Waals surface area (Å²) in [5, 5.41) is 10.2. The van der Waals surface area contributed by atoms with Crippen molar-refractivity contribution in [2.75, 3.05) is 0 Å². The smallest absolute Gasteiger partial charge is 0.126 e. The van der Waals surface area contributed by atoms with Crippen LogP contribution in [0.5, 0.6) is 0 Å². The highest BCUT2D eigenvalue weighted by atomic mass is 79.9. The maximum Gasteiger partial charge on any atom is 0.126 e. The molecule has 0 amide bonds. The third-order valence-corrected chi connectivity index (χ3v) is 4.33. The van der Waals surface area contributed by atoms with E-state index in [1.54, 1.807) is 23.5 Å². The lowest BCUT2D eigenvalue weighted by Gasteiger charge is -2.11. The zero-order valence-electron chi connectivity index (χ0n) is 10.2. The van der Waals surface area contributed by atoms with Gasteiger partial charge in [0, 0.05) is 20.6 Å². The van der Waals surface area contributed by atoms with E-state index in [0.29, 0.717) is 12.0 Å². The minimum atomic E-state index is -0.654. The Balaban J connectivity index is 2.23. The number of halogens is 2. The summed E-state index contributed by atoms with van der Waals surface area (Å²) >= 11 is 4.97. The molecule has 2 rings (SSSR count). The van der Waals surface area contributed by atoms with Crippen LogP contribution in [0.4, 0.5) is 4.39 Å². The summed E-state index contributed by atoms with van der Waals surface area (Å²) in [6, 6.07) is 6.76. The molecule has 1 aromatic heterocycles. The van der Waals surface area contributed by atoms with Gasteiger partial charge >= 0.3 is 0 Å². The van der Waals surface area contributed by atoms with E-state index < -0.39 is 6.10 Å². The van der Waals surface area contributed by atoms with Gasteiger partial charge in [0.1, 0.15) is 5.82 Å². The van der Waals surface area contributed by atoms with Gasteiger partial charge in [-0.1, -0.05) is 15.9 Å². The molecule has 0 fully saturated rings. The molecule has 1 atom stereocenters. The Hall–Kier alpha value is -0.710. The topological polar surface area (TPSA) is 20.2 Å². The highest BCUT2D eigenvalue weighted by Crippen LogP contribution is 2.29. The molecule has 0 radical (unpaired) electrons. The van der Waals surface area contributed by atoms with Gasteiger partial charge in [0.25, 0.3) is 0 Å². The predicted molar refractivity (Wildman–Crippen MR) is 76.6 cm³/mol. The van der Waals surface area contributed by atoms with Crippen LogP contribution < -0.4 is 0 Å². The molecule has 0 bridgehead atoms. The van der Waals surface area contributed by atoms with Crippen LogP contribution in [0.15, 0.2) is 28.7 Å². The Morgan fingerprint density at radius 2 is 2.06 bits per heavy atom. The fourth-order valence-electron chi connectivity index (χ4n) is 2.00. The minimum absolute atomic E-state index is 0.276.